The largest absolute Gasteiger partial charge is 0.508 e. The van der Waals surface area contributed by atoms with Gasteiger partial charge in [-0.3, -0.25) is 4.79 Å². The SMILES string of the molecule is CC[C@H](C)[C@H](NC(=O)c1ccc(O)cc1)C(=O)O. The van der Waals surface area contributed by atoms with Crippen LogP contribution in [0.5, 0.6) is 5.75 Å². The van der Waals surface area contributed by atoms with Crippen LogP contribution in [0.25, 0.3) is 0 Å². The van der Waals surface area contributed by atoms with E-state index in [1.54, 1.807) is 6.92 Å². The number of carbonyl (C=O) groups is 2. The van der Waals surface area contributed by atoms with E-state index in [0.717, 1.165) is 0 Å². The lowest BCUT2D eigenvalue weighted by Gasteiger charge is -2.20. The van der Waals surface area contributed by atoms with Crippen LogP contribution < -0.4 is 5.32 Å². The fraction of sp³-hybridized carbons (Fsp3) is 0.385. The van der Waals surface area contributed by atoms with E-state index in [1.807, 2.05) is 6.92 Å². The van der Waals surface area contributed by atoms with Crippen molar-refractivity contribution in [3.05, 3.63) is 29.8 Å². The van der Waals surface area contributed by atoms with E-state index in [0.29, 0.717) is 12.0 Å². The van der Waals surface area contributed by atoms with Gasteiger partial charge in [0.15, 0.2) is 0 Å². The second-order valence-corrected chi connectivity index (χ2v) is 4.22. The number of benzene rings is 1. The summed E-state index contributed by atoms with van der Waals surface area (Å²) in [5.41, 5.74) is 0.322. The quantitative estimate of drug-likeness (QED) is 0.742. The Balaban J connectivity index is 2.78. The second kappa shape index (κ2) is 6.05. The van der Waals surface area contributed by atoms with Gasteiger partial charge in [0.25, 0.3) is 5.91 Å². The average Bonchev–Trinajstić information content (AvgIpc) is 2.35. The summed E-state index contributed by atoms with van der Waals surface area (Å²) in [6.45, 7) is 3.64. The van der Waals surface area contributed by atoms with E-state index >= 15 is 0 Å². The molecule has 0 aliphatic heterocycles. The van der Waals surface area contributed by atoms with Crippen molar-refractivity contribution in [2.75, 3.05) is 0 Å². The van der Waals surface area contributed by atoms with Crippen molar-refractivity contribution in [1.82, 2.24) is 5.32 Å². The Kier molecular flexibility index (Phi) is 4.71. The Labute approximate surface area is 105 Å². The average molecular weight is 251 g/mol. The number of carboxylic acids is 1. The predicted molar refractivity (Wildman–Crippen MR) is 66.5 cm³/mol. The number of aliphatic carboxylic acids is 1. The summed E-state index contributed by atoms with van der Waals surface area (Å²) in [6.07, 6.45) is 0.660. The van der Waals surface area contributed by atoms with Crippen molar-refractivity contribution < 1.29 is 19.8 Å². The third-order valence-corrected chi connectivity index (χ3v) is 2.90. The van der Waals surface area contributed by atoms with E-state index in [4.69, 9.17) is 10.2 Å². The maximum absolute atomic E-state index is 11.8. The summed E-state index contributed by atoms with van der Waals surface area (Å²) < 4.78 is 0. The third kappa shape index (κ3) is 3.48. The summed E-state index contributed by atoms with van der Waals surface area (Å²) >= 11 is 0. The standard InChI is InChI=1S/C13H17NO4/c1-3-8(2)11(13(17)18)14-12(16)9-4-6-10(15)7-5-9/h4-8,11,15H,3H2,1-2H3,(H,14,16)(H,17,18)/t8-,11-/m0/s1. The van der Waals surface area contributed by atoms with Crippen molar-refractivity contribution in [1.29, 1.82) is 0 Å². The molecule has 1 rings (SSSR count). The van der Waals surface area contributed by atoms with Gasteiger partial charge in [-0.2, -0.15) is 0 Å². The first-order valence-electron chi connectivity index (χ1n) is 5.78. The highest BCUT2D eigenvalue weighted by Crippen LogP contribution is 2.12. The van der Waals surface area contributed by atoms with Crippen molar-refractivity contribution in [2.24, 2.45) is 5.92 Å². The molecule has 0 saturated heterocycles. The van der Waals surface area contributed by atoms with Crippen LogP contribution in [0.4, 0.5) is 0 Å². The highest BCUT2D eigenvalue weighted by atomic mass is 16.4. The minimum atomic E-state index is -1.04. The van der Waals surface area contributed by atoms with E-state index < -0.39 is 17.9 Å². The zero-order valence-corrected chi connectivity index (χ0v) is 10.4. The number of aromatic hydroxyl groups is 1. The van der Waals surface area contributed by atoms with Gasteiger partial charge in [-0.05, 0) is 30.2 Å². The monoisotopic (exact) mass is 251 g/mol. The summed E-state index contributed by atoms with van der Waals surface area (Å²) in [6, 6.07) is 4.75. The molecule has 18 heavy (non-hydrogen) atoms. The Morgan fingerprint density at radius 3 is 2.28 bits per heavy atom. The van der Waals surface area contributed by atoms with Gasteiger partial charge in [0, 0.05) is 5.56 Å². The van der Waals surface area contributed by atoms with Gasteiger partial charge in [0.1, 0.15) is 11.8 Å². The zero-order chi connectivity index (χ0) is 13.7. The van der Waals surface area contributed by atoms with Crippen LogP contribution in [0.15, 0.2) is 24.3 Å². The van der Waals surface area contributed by atoms with Gasteiger partial charge in [-0.1, -0.05) is 20.3 Å². The first-order chi connectivity index (χ1) is 8.45. The smallest absolute Gasteiger partial charge is 0.326 e. The highest BCUT2D eigenvalue weighted by molar-refractivity contribution is 5.96. The maximum Gasteiger partial charge on any atom is 0.326 e. The van der Waals surface area contributed by atoms with E-state index in [2.05, 4.69) is 5.32 Å². The number of rotatable bonds is 5. The van der Waals surface area contributed by atoms with Crippen LogP contribution >= 0.6 is 0 Å². The van der Waals surface area contributed by atoms with Crippen molar-refractivity contribution in [3.63, 3.8) is 0 Å². The molecular formula is C13H17NO4. The Bertz CT molecular complexity index is 427. The molecule has 0 aliphatic carbocycles. The molecule has 0 aliphatic rings. The molecule has 0 heterocycles. The molecule has 0 saturated carbocycles. The van der Waals surface area contributed by atoms with Crippen LogP contribution in [-0.2, 0) is 4.79 Å². The number of hydrogen-bond donors (Lipinski definition) is 3. The van der Waals surface area contributed by atoms with Gasteiger partial charge in [-0.25, -0.2) is 4.79 Å². The minimum absolute atomic E-state index is 0.0586. The first-order valence-corrected chi connectivity index (χ1v) is 5.78. The molecule has 1 aromatic carbocycles. The number of carbonyl (C=O) groups excluding carboxylic acids is 1. The van der Waals surface area contributed by atoms with E-state index in [1.165, 1.54) is 24.3 Å². The predicted octanol–water partition coefficient (Wildman–Crippen LogP) is 1.62. The molecule has 0 aromatic heterocycles. The molecule has 5 nitrogen and oxygen atoms in total. The van der Waals surface area contributed by atoms with Gasteiger partial charge in [-0.15, -0.1) is 0 Å². The Morgan fingerprint density at radius 2 is 1.83 bits per heavy atom. The number of phenolic OH excluding ortho intramolecular Hbond substituents is 1. The van der Waals surface area contributed by atoms with E-state index in [-0.39, 0.29) is 11.7 Å². The molecule has 0 fully saturated rings. The molecule has 0 bridgehead atoms. The molecule has 0 spiro atoms. The Morgan fingerprint density at radius 1 is 1.28 bits per heavy atom. The van der Waals surface area contributed by atoms with Gasteiger partial charge in [0.05, 0.1) is 0 Å². The lowest BCUT2D eigenvalue weighted by molar-refractivity contribution is -0.140. The van der Waals surface area contributed by atoms with E-state index in [9.17, 15) is 9.59 Å². The number of nitrogens with one attached hydrogen (secondary N) is 1. The van der Waals surface area contributed by atoms with Gasteiger partial charge < -0.3 is 15.5 Å². The molecule has 5 heteroatoms. The lowest BCUT2D eigenvalue weighted by Crippen LogP contribution is -2.45. The molecule has 0 unspecified atom stereocenters. The van der Waals surface area contributed by atoms with Crippen LogP contribution in [0.1, 0.15) is 30.6 Å². The fourth-order valence-electron chi connectivity index (χ4n) is 1.52. The molecule has 1 aromatic rings. The summed E-state index contributed by atoms with van der Waals surface area (Å²) in [5, 5.41) is 20.7. The van der Waals surface area contributed by atoms with Crippen molar-refractivity contribution >= 4 is 11.9 Å². The van der Waals surface area contributed by atoms with Crippen molar-refractivity contribution in [3.8, 4) is 5.75 Å². The normalized spacial score (nSPS) is 13.7. The maximum atomic E-state index is 11.8. The van der Waals surface area contributed by atoms with Crippen molar-refractivity contribution in [2.45, 2.75) is 26.3 Å². The van der Waals surface area contributed by atoms with Gasteiger partial charge in [0.2, 0.25) is 0 Å². The molecule has 3 N–H and O–H groups in total. The third-order valence-electron chi connectivity index (χ3n) is 2.90. The topological polar surface area (TPSA) is 86.6 Å². The zero-order valence-electron chi connectivity index (χ0n) is 10.4. The number of hydrogen-bond acceptors (Lipinski definition) is 3. The van der Waals surface area contributed by atoms with Crippen LogP contribution in [-0.4, -0.2) is 28.1 Å². The Hall–Kier alpha value is -2.04. The number of carboxylic acid groups (broad SMARTS) is 1. The fourth-order valence-corrected chi connectivity index (χ4v) is 1.52. The molecular weight excluding hydrogens is 234 g/mol. The second-order valence-electron chi connectivity index (χ2n) is 4.22. The minimum Gasteiger partial charge on any atom is -0.508 e. The highest BCUT2D eigenvalue weighted by Gasteiger charge is 2.25. The summed E-state index contributed by atoms with van der Waals surface area (Å²) in [5.74, 6) is -1.59. The van der Waals surface area contributed by atoms with Gasteiger partial charge >= 0.3 is 5.97 Å². The molecule has 1 amide bonds. The summed E-state index contributed by atoms with van der Waals surface area (Å²) in [4.78, 5) is 22.9. The van der Waals surface area contributed by atoms with Crippen LogP contribution in [0.2, 0.25) is 0 Å². The molecule has 0 radical (unpaired) electrons. The molecule has 2 atom stereocenters. The molecule has 98 valence electrons. The van der Waals surface area contributed by atoms with Crippen LogP contribution in [0.3, 0.4) is 0 Å². The number of phenols is 1. The summed E-state index contributed by atoms with van der Waals surface area (Å²) in [7, 11) is 0. The van der Waals surface area contributed by atoms with Crippen LogP contribution in [0, 0.1) is 5.92 Å². The first kappa shape index (κ1) is 14.0. The lowest BCUT2D eigenvalue weighted by atomic mass is 9.99. The number of amides is 1.